The van der Waals surface area contributed by atoms with E-state index in [2.05, 4.69) is 20.0 Å². The van der Waals surface area contributed by atoms with E-state index in [0.717, 1.165) is 17.1 Å². The molecule has 2 N–H and O–H groups in total. The van der Waals surface area contributed by atoms with Crippen LogP contribution in [0.4, 0.5) is 0 Å². The van der Waals surface area contributed by atoms with E-state index >= 15 is 0 Å². The Balaban J connectivity index is 1.94. The quantitative estimate of drug-likeness (QED) is 0.675. The van der Waals surface area contributed by atoms with Gasteiger partial charge >= 0.3 is 5.97 Å². The molecular weight excluding hydrogens is 302 g/mol. The number of hydrogen-bond acceptors (Lipinski definition) is 7. The molecule has 0 radical (unpaired) electrons. The third-order valence-corrected chi connectivity index (χ3v) is 3.83. The summed E-state index contributed by atoms with van der Waals surface area (Å²) in [6.45, 7) is 1.33. The second kappa shape index (κ2) is 6.01. The number of rotatable bonds is 7. The highest BCUT2D eigenvalue weighted by atomic mass is 32.2. The van der Waals surface area contributed by atoms with Crippen LogP contribution in [-0.2, 0) is 27.8 Å². The minimum Gasteiger partial charge on any atom is -0.480 e. The van der Waals surface area contributed by atoms with E-state index in [-0.39, 0.29) is 17.9 Å². The number of carboxylic acid groups (broad SMARTS) is 1. The highest BCUT2D eigenvalue weighted by molar-refractivity contribution is 7.89. The molecule has 0 aliphatic heterocycles. The molecule has 0 unspecified atom stereocenters. The molecule has 0 aliphatic rings. The molecule has 2 heterocycles. The lowest BCUT2D eigenvalue weighted by Crippen LogP contribution is -2.25. The van der Waals surface area contributed by atoms with Crippen molar-refractivity contribution in [3.05, 3.63) is 24.1 Å². The zero-order valence-corrected chi connectivity index (χ0v) is 11.9. The molecule has 0 aromatic carbocycles. The fraction of sp³-hybridized carbons (Fsp3) is 0.400. The minimum atomic E-state index is -3.75. The normalized spacial score (nSPS) is 11.7. The highest BCUT2D eigenvalue weighted by Gasteiger charge is 2.17. The summed E-state index contributed by atoms with van der Waals surface area (Å²) in [6.07, 6.45) is 2.48. The lowest BCUT2D eigenvalue weighted by atomic mass is 10.4. The van der Waals surface area contributed by atoms with Crippen molar-refractivity contribution in [1.82, 2.24) is 24.6 Å². The van der Waals surface area contributed by atoms with Crippen LogP contribution in [0.5, 0.6) is 0 Å². The second-order valence-electron chi connectivity index (χ2n) is 4.15. The average Bonchev–Trinajstić information content (AvgIpc) is 2.98. The largest absolute Gasteiger partial charge is 0.480 e. The fourth-order valence-corrected chi connectivity index (χ4v) is 2.51. The standard InChI is InChI=1S/C10H13N5O5S/c1-7-13-9(20-14-7)2-3-12-21(18,19)8-4-11-15(5-8)6-10(16)17/h4-5,12H,2-3,6H2,1H3,(H,16,17). The van der Waals surface area contributed by atoms with Gasteiger partial charge in [-0.3, -0.25) is 9.48 Å². The maximum Gasteiger partial charge on any atom is 0.325 e. The predicted octanol–water partition coefficient (Wildman–Crippen LogP) is -0.820. The van der Waals surface area contributed by atoms with E-state index < -0.39 is 22.5 Å². The van der Waals surface area contributed by atoms with Gasteiger partial charge in [0.25, 0.3) is 0 Å². The molecule has 114 valence electrons. The Bertz CT molecular complexity index is 735. The first-order valence-corrected chi connectivity index (χ1v) is 7.38. The smallest absolute Gasteiger partial charge is 0.325 e. The number of aromatic nitrogens is 4. The molecule has 0 saturated carbocycles. The molecule has 2 aromatic heterocycles. The van der Waals surface area contributed by atoms with Gasteiger partial charge in [0.05, 0.1) is 6.20 Å². The summed E-state index contributed by atoms with van der Waals surface area (Å²) in [5.41, 5.74) is 0. The van der Waals surface area contributed by atoms with Gasteiger partial charge in [0.1, 0.15) is 11.4 Å². The summed E-state index contributed by atoms with van der Waals surface area (Å²) < 4.78 is 32.1. The molecule has 0 saturated heterocycles. The fourth-order valence-electron chi connectivity index (χ4n) is 1.53. The first kappa shape index (κ1) is 15.1. The van der Waals surface area contributed by atoms with Crippen molar-refractivity contribution in [1.29, 1.82) is 0 Å². The van der Waals surface area contributed by atoms with Gasteiger partial charge in [-0.15, -0.1) is 0 Å². The first-order valence-electron chi connectivity index (χ1n) is 5.90. The van der Waals surface area contributed by atoms with Gasteiger partial charge in [-0.1, -0.05) is 5.16 Å². The summed E-state index contributed by atoms with van der Waals surface area (Å²) in [4.78, 5) is 14.3. The van der Waals surface area contributed by atoms with Crippen molar-refractivity contribution in [2.24, 2.45) is 0 Å². The Hall–Kier alpha value is -2.27. The Labute approximate surface area is 119 Å². The van der Waals surface area contributed by atoms with E-state index in [1.54, 1.807) is 6.92 Å². The van der Waals surface area contributed by atoms with Gasteiger partial charge < -0.3 is 9.63 Å². The number of aryl methyl sites for hydroxylation is 1. The number of sulfonamides is 1. The SMILES string of the molecule is Cc1noc(CCNS(=O)(=O)c2cnn(CC(=O)O)c2)n1. The number of nitrogens with zero attached hydrogens (tertiary/aromatic N) is 4. The van der Waals surface area contributed by atoms with Crippen molar-refractivity contribution in [3.8, 4) is 0 Å². The van der Waals surface area contributed by atoms with Gasteiger partial charge in [-0.25, -0.2) is 13.1 Å². The summed E-state index contributed by atoms with van der Waals surface area (Å²) in [6, 6.07) is 0. The summed E-state index contributed by atoms with van der Waals surface area (Å²) >= 11 is 0. The Morgan fingerprint density at radius 2 is 2.29 bits per heavy atom. The molecule has 2 aromatic rings. The molecule has 21 heavy (non-hydrogen) atoms. The van der Waals surface area contributed by atoms with E-state index in [0.29, 0.717) is 11.7 Å². The number of hydrogen-bond donors (Lipinski definition) is 2. The summed E-state index contributed by atoms with van der Waals surface area (Å²) in [5, 5.41) is 15.9. The van der Waals surface area contributed by atoms with Crippen molar-refractivity contribution >= 4 is 16.0 Å². The lowest BCUT2D eigenvalue weighted by Gasteiger charge is -2.02. The molecule has 0 bridgehead atoms. The van der Waals surface area contributed by atoms with Crippen LogP contribution < -0.4 is 4.72 Å². The third kappa shape index (κ3) is 4.10. The van der Waals surface area contributed by atoms with E-state index in [1.165, 1.54) is 0 Å². The van der Waals surface area contributed by atoms with Gasteiger partial charge in [-0.05, 0) is 6.92 Å². The predicted molar refractivity (Wildman–Crippen MR) is 67.8 cm³/mol. The summed E-state index contributed by atoms with van der Waals surface area (Å²) in [5.74, 6) is -0.304. The lowest BCUT2D eigenvalue weighted by molar-refractivity contribution is -0.137. The Kier molecular flexibility index (Phi) is 4.33. The van der Waals surface area contributed by atoms with E-state index in [9.17, 15) is 13.2 Å². The van der Waals surface area contributed by atoms with Crippen LogP contribution in [-0.4, -0.2) is 46.0 Å². The molecule has 0 amide bonds. The third-order valence-electron chi connectivity index (χ3n) is 2.42. The van der Waals surface area contributed by atoms with Crippen molar-refractivity contribution in [3.63, 3.8) is 0 Å². The van der Waals surface area contributed by atoms with E-state index in [4.69, 9.17) is 9.63 Å². The maximum absolute atomic E-state index is 11.9. The van der Waals surface area contributed by atoms with Crippen LogP contribution in [0.3, 0.4) is 0 Å². The van der Waals surface area contributed by atoms with Crippen LogP contribution in [0.15, 0.2) is 21.8 Å². The van der Waals surface area contributed by atoms with Crippen LogP contribution in [0.2, 0.25) is 0 Å². The number of carbonyl (C=O) groups is 1. The summed E-state index contributed by atoms with van der Waals surface area (Å²) in [7, 11) is -3.75. The van der Waals surface area contributed by atoms with Crippen molar-refractivity contribution in [2.45, 2.75) is 24.8 Å². The zero-order chi connectivity index (χ0) is 15.5. The monoisotopic (exact) mass is 315 g/mol. The molecule has 10 nitrogen and oxygen atoms in total. The maximum atomic E-state index is 11.9. The highest BCUT2D eigenvalue weighted by Crippen LogP contribution is 2.07. The van der Waals surface area contributed by atoms with Gasteiger partial charge in [0.15, 0.2) is 5.82 Å². The number of aliphatic carboxylic acids is 1. The molecular formula is C10H13N5O5S. The molecule has 0 aliphatic carbocycles. The Morgan fingerprint density at radius 1 is 1.52 bits per heavy atom. The molecule has 0 fully saturated rings. The van der Waals surface area contributed by atoms with Crippen LogP contribution in [0.1, 0.15) is 11.7 Å². The molecule has 0 atom stereocenters. The van der Waals surface area contributed by atoms with Crippen molar-refractivity contribution < 1.29 is 22.8 Å². The number of nitrogens with one attached hydrogen (secondary N) is 1. The van der Waals surface area contributed by atoms with Gasteiger partial charge in [-0.2, -0.15) is 10.1 Å². The van der Waals surface area contributed by atoms with E-state index in [1.807, 2.05) is 0 Å². The van der Waals surface area contributed by atoms with Crippen LogP contribution >= 0.6 is 0 Å². The van der Waals surface area contributed by atoms with Crippen LogP contribution in [0.25, 0.3) is 0 Å². The topological polar surface area (TPSA) is 140 Å². The zero-order valence-electron chi connectivity index (χ0n) is 11.1. The average molecular weight is 315 g/mol. The van der Waals surface area contributed by atoms with Gasteiger partial charge in [0, 0.05) is 19.2 Å². The minimum absolute atomic E-state index is 0.0775. The molecule has 0 spiro atoms. The van der Waals surface area contributed by atoms with Gasteiger partial charge in [0.2, 0.25) is 15.9 Å². The first-order chi connectivity index (χ1) is 9.87. The Morgan fingerprint density at radius 3 is 2.90 bits per heavy atom. The number of carboxylic acids is 1. The molecule has 11 heteroatoms. The molecule has 2 rings (SSSR count). The van der Waals surface area contributed by atoms with Crippen LogP contribution in [0, 0.1) is 6.92 Å². The van der Waals surface area contributed by atoms with Crippen molar-refractivity contribution in [2.75, 3.05) is 6.54 Å². The second-order valence-corrected chi connectivity index (χ2v) is 5.92.